The Bertz CT molecular complexity index is 2350. The molecule has 4 aliphatic rings. The fraction of sp³-hybridized carbons (Fsp3) is 0.797. The minimum absolute atomic E-state index is 0.0157. The highest BCUT2D eigenvalue weighted by atomic mass is 16.6. The summed E-state index contributed by atoms with van der Waals surface area (Å²) >= 11 is 0. The van der Waals surface area contributed by atoms with Gasteiger partial charge < -0.3 is 87.3 Å². The molecule has 3 heterocycles. The van der Waals surface area contributed by atoms with Gasteiger partial charge in [-0.05, 0) is 107 Å². The molecular formula is C69H115N3O21. The number of ketones is 2. The van der Waals surface area contributed by atoms with Crippen molar-refractivity contribution < 1.29 is 101 Å². The molecule has 532 valence electrons. The minimum atomic E-state index is -2.45. The monoisotopic (exact) mass is 1320 g/mol. The number of nitrogens with one attached hydrogen (secondary N) is 2. The number of hydrogen-bond donors (Lipinski definition) is 4. The average molecular weight is 1320 g/mol. The number of esters is 1. The molecule has 0 spiro atoms. The highest BCUT2D eigenvalue weighted by Crippen LogP contribution is 2.38. The van der Waals surface area contributed by atoms with Gasteiger partial charge in [0.05, 0.1) is 97.1 Å². The Morgan fingerprint density at radius 2 is 1.33 bits per heavy atom. The number of nitrogens with zero attached hydrogens (tertiary/aromatic N) is 1. The number of alkyl carbamates (subject to hydrolysis) is 1. The van der Waals surface area contributed by atoms with Crippen LogP contribution in [-0.4, -0.2) is 239 Å². The molecule has 4 unspecified atom stereocenters. The Hall–Kier alpha value is -4.54. The van der Waals surface area contributed by atoms with Crippen LogP contribution in [0, 0.1) is 35.5 Å². The summed E-state index contributed by atoms with van der Waals surface area (Å²) in [6.07, 6.45) is 10.9. The maximum atomic E-state index is 14.8. The lowest BCUT2D eigenvalue weighted by molar-refractivity contribution is -0.265. The Morgan fingerprint density at radius 3 is 1.98 bits per heavy atom. The van der Waals surface area contributed by atoms with E-state index in [9.17, 15) is 39.0 Å². The molecule has 0 radical (unpaired) electrons. The van der Waals surface area contributed by atoms with Crippen LogP contribution in [0.2, 0.25) is 0 Å². The number of carbonyl (C=O) groups is 6. The number of fused-ring (bicyclic) bond motifs is 3. The number of aliphatic hydroxyl groups is 2. The van der Waals surface area contributed by atoms with Gasteiger partial charge in [0.25, 0.3) is 11.7 Å². The van der Waals surface area contributed by atoms with Crippen LogP contribution in [0.1, 0.15) is 132 Å². The molecule has 93 heavy (non-hydrogen) atoms. The molecule has 4 N–H and O–H groups in total. The molecule has 3 aliphatic heterocycles. The number of methoxy groups -OCH3 is 5. The van der Waals surface area contributed by atoms with E-state index >= 15 is 0 Å². The highest BCUT2D eigenvalue weighted by molar-refractivity contribution is 6.39. The Kier molecular flexibility index (Phi) is 38.5. The number of hydrogen-bond acceptors (Lipinski definition) is 21. The molecule has 3 amide bonds. The molecule has 16 atom stereocenters. The fourth-order valence-electron chi connectivity index (χ4n) is 12.6. The molecule has 24 nitrogen and oxygen atoms in total. The molecule has 3 fully saturated rings. The smallest absolute Gasteiger partial charge is 0.407 e. The number of rotatable bonds is 29. The number of ether oxygens (including phenoxy) is 13. The van der Waals surface area contributed by atoms with Gasteiger partial charge in [0, 0.05) is 92.2 Å². The van der Waals surface area contributed by atoms with Gasteiger partial charge in [-0.15, -0.1) is 0 Å². The van der Waals surface area contributed by atoms with E-state index in [0.29, 0.717) is 136 Å². The van der Waals surface area contributed by atoms with Gasteiger partial charge in [-0.25, -0.2) is 9.59 Å². The summed E-state index contributed by atoms with van der Waals surface area (Å²) < 4.78 is 74.8. The summed E-state index contributed by atoms with van der Waals surface area (Å²) in [5, 5.41) is 29.4. The lowest BCUT2D eigenvalue weighted by atomic mass is 9.78. The molecule has 2 bridgehead atoms. The quantitative estimate of drug-likeness (QED) is 0.0266. The normalized spacial score (nSPS) is 32.4. The first kappa shape index (κ1) is 80.9. The second-order valence-corrected chi connectivity index (χ2v) is 25.5. The van der Waals surface area contributed by atoms with Crippen molar-refractivity contribution in [1.82, 2.24) is 15.5 Å². The largest absolute Gasteiger partial charge is 0.460 e. The summed E-state index contributed by atoms with van der Waals surface area (Å²) in [7, 11) is 7.74. The summed E-state index contributed by atoms with van der Waals surface area (Å²) in [6.45, 7) is 17.9. The van der Waals surface area contributed by atoms with E-state index in [1.165, 1.54) is 12.0 Å². The fourth-order valence-corrected chi connectivity index (χ4v) is 12.6. The third-order valence-electron chi connectivity index (χ3n) is 18.3. The third-order valence-corrected chi connectivity index (χ3v) is 18.3. The van der Waals surface area contributed by atoms with E-state index < -0.39 is 96.2 Å². The number of allylic oxidation sites excluding steroid dienone is 5. The van der Waals surface area contributed by atoms with Crippen molar-refractivity contribution >= 4 is 35.4 Å². The number of Topliss-reactive ketones (excluding diaryl/α,β-unsaturated/α-hetero) is 2. The summed E-state index contributed by atoms with van der Waals surface area (Å²) in [4.78, 5) is 84.0. The zero-order chi connectivity index (χ0) is 68.3. The lowest BCUT2D eigenvalue weighted by Gasteiger charge is -2.43. The number of carbonyl (C=O) groups excluding carboxylic acids is 6. The van der Waals surface area contributed by atoms with Gasteiger partial charge in [0.2, 0.25) is 11.7 Å². The van der Waals surface area contributed by atoms with Gasteiger partial charge >= 0.3 is 12.1 Å². The van der Waals surface area contributed by atoms with E-state index in [2.05, 4.69) is 10.6 Å². The van der Waals surface area contributed by atoms with Crippen molar-refractivity contribution in [2.75, 3.05) is 128 Å². The van der Waals surface area contributed by atoms with Crippen molar-refractivity contribution in [1.29, 1.82) is 0 Å². The van der Waals surface area contributed by atoms with Crippen molar-refractivity contribution in [3.8, 4) is 0 Å². The van der Waals surface area contributed by atoms with Crippen molar-refractivity contribution in [2.45, 2.75) is 193 Å². The van der Waals surface area contributed by atoms with Crippen molar-refractivity contribution in [3.63, 3.8) is 0 Å². The molecule has 0 aromatic carbocycles. The summed E-state index contributed by atoms with van der Waals surface area (Å²) in [5.74, 6) is -7.38. The Morgan fingerprint density at radius 1 is 0.688 bits per heavy atom. The van der Waals surface area contributed by atoms with E-state index in [1.807, 2.05) is 71.1 Å². The first-order valence-electron chi connectivity index (χ1n) is 33.7. The Labute approximate surface area is 553 Å². The molecular weight excluding hydrogens is 1210 g/mol. The number of piperidine rings is 1. The van der Waals surface area contributed by atoms with Crippen LogP contribution in [0.5, 0.6) is 0 Å². The van der Waals surface area contributed by atoms with Crippen LogP contribution in [0.4, 0.5) is 4.79 Å². The van der Waals surface area contributed by atoms with E-state index in [-0.39, 0.29) is 80.9 Å². The Balaban J connectivity index is 1.39. The topological polar surface area (TPSA) is 290 Å². The molecule has 0 aromatic rings. The van der Waals surface area contributed by atoms with Crippen LogP contribution in [0.25, 0.3) is 0 Å². The summed E-state index contributed by atoms with van der Waals surface area (Å²) in [5.41, 5.74) is 1.38. The highest BCUT2D eigenvalue weighted by Gasteiger charge is 2.53. The van der Waals surface area contributed by atoms with Gasteiger partial charge in [-0.2, -0.15) is 0 Å². The maximum absolute atomic E-state index is 14.8. The van der Waals surface area contributed by atoms with E-state index in [1.54, 1.807) is 42.3 Å². The molecule has 1 saturated carbocycles. The average Bonchev–Trinajstić information content (AvgIpc) is 0.866. The van der Waals surface area contributed by atoms with Gasteiger partial charge in [-0.3, -0.25) is 19.2 Å². The standard InChI is InChI=1S/C69H115N3O21/c1-46-18-14-13-15-19-47(2)57(82-9)44-54-23-21-52(7)69(80,93-54)65(76)66(77)72-28-17-16-20-55(72)67(78)91-59(45-58(83-10)48(3)41-51(6)63(75)64(85-12)62(74)50(5)40-46)49(4)42-53-22-24-56(60(43-53)84-11)92-68(79)71-27-31-88-35-37-90-39-38-89-36-34-86-29-25-61(73)70-26-30-87-33-32-81-8/h13-15,18-19,41,46,48-50,52-60,63-64,75,80H,16-17,20-40,42-45H2,1-12H3,(H,70,73)(H,71,79)/b15-13+,18-14+,47-19+,51-41+/t46-,48?,49-,50?,52-,53+,54+,55+,56?,57+,58-,59+,60-,63?,64+,69-/m1/s1. The minimum Gasteiger partial charge on any atom is -0.460 e. The molecule has 4 rings (SSSR count). The SMILES string of the molecule is COCCOCCNC(=O)CCOCCOCCOCCOCCNC(=O)OC1CC[C@@H](C[C@@H](C)[C@@H]2C[C@@H](OC)C(C)/C=C(\C)C(O)[C@@H](OC)C(=O)C(C)C[C@H](C)/C=C/C=C/C=C(\C)[C@@H](OC)C[C@@H]3CC[C@@H](C)[C@@](O)(O3)C(=O)C(=O)N3CCCC[C@H]3C(=O)O2)C[C@H]1OC. The molecule has 1 aliphatic carbocycles. The molecule has 2 saturated heterocycles. The second-order valence-electron chi connectivity index (χ2n) is 25.5. The van der Waals surface area contributed by atoms with Crippen LogP contribution >= 0.6 is 0 Å². The van der Waals surface area contributed by atoms with E-state index in [4.69, 9.17) is 61.6 Å². The first-order chi connectivity index (χ1) is 44.6. The molecule has 24 heteroatoms. The maximum Gasteiger partial charge on any atom is 0.407 e. The zero-order valence-electron chi connectivity index (χ0n) is 57.8. The van der Waals surface area contributed by atoms with Gasteiger partial charge in [-0.1, -0.05) is 71.1 Å². The second kappa shape index (κ2) is 44.3. The van der Waals surface area contributed by atoms with Crippen molar-refractivity contribution in [3.05, 3.63) is 47.6 Å². The third kappa shape index (κ3) is 27.8. The van der Waals surface area contributed by atoms with Gasteiger partial charge in [0.15, 0.2) is 5.78 Å². The first-order valence-corrected chi connectivity index (χ1v) is 33.7. The van der Waals surface area contributed by atoms with Crippen LogP contribution in [0.3, 0.4) is 0 Å². The number of amides is 3. The van der Waals surface area contributed by atoms with Gasteiger partial charge in [0.1, 0.15) is 30.5 Å². The van der Waals surface area contributed by atoms with Crippen molar-refractivity contribution in [2.24, 2.45) is 35.5 Å². The number of aliphatic hydroxyl groups excluding tert-OH is 1. The molecule has 0 aromatic heterocycles. The van der Waals surface area contributed by atoms with Crippen LogP contribution < -0.4 is 10.6 Å². The number of cyclic esters (lactones) is 1. The predicted octanol–water partition coefficient (Wildman–Crippen LogP) is 6.60. The predicted molar refractivity (Wildman–Crippen MR) is 347 cm³/mol. The van der Waals surface area contributed by atoms with E-state index in [0.717, 1.165) is 5.57 Å². The van der Waals surface area contributed by atoms with Crippen LogP contribution in [0.15, 0.2) is 47.6 Å². The summed E-state index contributed by atoms with van der Waals surface area (Å²) in [6, 6.07) is -1.13. The lowest BCUT2D eigenvalue weighted by Crippen LogP contribution is -2.61. The zero-order valence-corrected chi connectivity index (χ0v) is 57.8. The van der Waals surface area contributed by atoms with Crippen LogP contribution in [-0.2, 0) is 85.6 Å².